The van der Waals surface area contributed by atoms with Gasteiger partial charge in [0.05, 0.1) is 16.9 Å². The lowest BCUT2D eigenvalue weighted by molar-refractivity contribution is 0.411. The molecule has 1 aromatic heterocycles. The predicted molar refractivity (Wildman–Crippen MR) is 118 cm³/mol. The van der Waals surface area contributed by atoms with Gasteiger partial charge in [0.1, 0.15) is 11.0 Å². The van der Waals surface area contributed by atoms with E-state index >= 15 is 0 Å². The lowest BCUT2D eigenvalue weighted by Crippen LogP contribution is -2.32. The number of hydrogen-bond donors (Lipinski definition) is 1. The molecule has 0 aliphatic carbocycles. The van der Waals surface area contributed by atoms with Crippen LogP contribution < -0.4 is 9.46 Å². The highest BCUT2D eigenvalue weighted by atomic mass is 32.2. The number of rotatable bonds is 8. The number of nitrogens with one attached hydrogen (secondary N) is 1. The number of benzene rings is 2. The second kappa shape index (κ2) is 9.17. The normalized spacial score (nSPS) is 13.0. The molecule has 0 spiro atoms. The molecule has 164 valence electrons. The average molecular weight is 461 g/mol. The summed E-state index contributed by atoms with van der Waals surface area (Å²) in [7, 11) is -6.33. The molecule has 2 aromatic carbocycles. The minimum absolute atomic E-state index is 0.0310. The van der Waals surface area contributed by atoms with Gasteiger partial charge in [-0.25, -0.2) is 21.6 Å². The molecule has 1 atom stereocenters. The summed E-state index contributed by atoms with van der Waals surface area (Å²) in [5.41, 5.74) is 1.98. The van der Waals surface area contributed by atoms with Crippen LogP contribution in [0.4, 0.5) is 0 Å². The molecule has 0 aliphatic heterocycles. The fourth-order valence-electron chi connectivity index (χ4n) is 3.15. The van der Waals surface area contributed by atoms with Crippen LogP contribution in [0.5, 0.6) is 5.75 Å². The minimum atomic E-state index is -3.95. The smallest absolute Gasteiger partial charge is 0.240 e. The lowest BCUT2D eigenvalue weighted by Gasteiger charge is -2.19. The van der Waals surface area contributed by atoms with Crippen LogP contribution in [-0.4, -0.2) is 35.5 Å². The molecule has 1 N–H and O–H groups in total. The van der Waals surface area contributed by atoms with E-state index < -0.39 is 25.1 Å². The van der Waals surface area contributed by atoms with Crippen LogP contribution in [0.2, 0.25) is 0 Å². The highest BCUT2D eigenvalue weighted by molar-refractivity contribution is 7.92. The van der Waals surface area contributed by atoms with E-state index in [1.165, 1.54) is 43.8 Å². The van der Waals surface area contributed by atoms with Gasteiger partial charge in [-0.05, 0) is 61.4 Å². The molecule has 3 rings (SSSR count). The zero-order valence-corrected chi connectivity index (χ0v) is 19.1. The Hall–Kier alpha value is -2.75. The first-order valence-electron chi connectivity index (χ1n) is 9.50. The monoisotopic (exact) mass is 460 g/mol. The van der Waals surface area contributed by atoms with Crippen molar-refractivity contribution in [1.82, 2.24) is 9.71 Å². The highest BCUT2D eigenvalue weighted by Crippen LogP contribution is 2.29. The maximum Gasteiger partial charge on any atom is 0.240 e. The third kappa shape index (κ3) is 5.12. The van der Waals surface area contributed by atoms with Crippen LogP contribution in [0.15, 0.2) is 76.8 Å². The van der Waals surface area contributed by atoms with Gasteiger partial charge >= 0.3 is 0 Å². The summed E-state index contributed by atoms with van der Waals surface area (Å²) < 4.78 is 60.1. The summed E-state index contributed by atoms with van der Waals surface area (Å²) in [5, 5.41) is -1.14. The number of aryl methyl sites for hydroxylation is 2. The molecule has 0 unspecified atom stereocenters. The maximum absolute atomic E-state index is 13.4. The fraction of sp³-hybridized carbons (Fsp3) is 0.227. The fourth-order valence-corrected chi connectivity index (χ4v) is 6.03. The van der Waals surface area contributed by atoms with Gasteiger partial charge in [0.2, 0.25) is 10.0 Å². The SMILES string of the molecule is COc1ccc(S(=O)(=O)NC[C@H](c2cccnc2)S(=O)(=O)c2ccc(C)cc2)cc1C. The molecular formula is C22H24N2O5S2. The highest BCUT2D eigenvalue weighted by Gasteiger charge is 2.31. The third-order valence-corrected chi connectivity index (χ3v) is 8.45. The average Bonchev–Trinajstić information content (AvgIpc) is 2.74. The predicted octanol–water partition coefficient (Wildman–Crippen LogP) is 3.20. The van der Waals surface area contributed by atoms with E-state index in [1.54, 1.807) is 37.3 Å². The first-order valence-corrected chi connectivity index (χ1v) is 12.5. The number of sulfone groups is 1. The van der Waals surface area contributed by atoms with Crippen molar-refractivity contribution < 1.29 is 21.6 Å². The van der Waals surface area contributed by atoms with Crippen molar-refractivity contribution in [3.05, 3.63) is 83.7 Å². The summed E-state index contributed by atoms with van der Waals surface area (Å²) in [5.74, 6) is 0.564. The van der Waals surface area contributed by atoms with Crippen molar-refractivity contribution >= 4 is 19.9 Å². The van der Waals surface area contributed by atoms with Crippen molar-refractivity contribution in [3.63, 3.8) is 0 Å². The van der Waals surface area contributed by atoms with Crippen molar-refractivity contribution in [3.8, 4) is 5.75 Å². The molecule has 3 aromatic rings. The van der Waals surface area contributed by atoms with E-state index in [9.17, 15) is 16.8 Å². The zero-order valence-electron chi connectivity index (χ0n) is 17.4. The second-order valence-corrected chi connectivity index (χ2v) is 11.0. The summed E-state index contributed by atoms with van der Waals surface area (Å²) >= 11 is 0. The zero-order chi connectivity index (χ0) is 22.6. The number of hydrogen-bond acceptors (Lipinski definition) is 6. The van der Waals surface area contributed by atoms with E-state index in [-0.39, 0.29) is 16.3 Å². The van der Waals surface area contributed by atoms with Crippen molar-refractivity contribution in [2.75, 3.05) is 13.7 Å². The molecule has 0 fully saturated rings. The Bertz CT molecular complexity index is 1260. The molecule has 0 saturated carbocycles. The quantitative estimate of drug-likeness (QED) is 0.554. The molecule has 0 saturated heterocycles. The van der Waals surface area contributed by atoms with Crippen LogP contribution in [0.3, 0.4) is 0 Å². The minimum Gasteiger partial charge on any atom is -0.496 e. The van der Waals surface area contributed by atoms with Crippen LogP contribution in [-0.2, 0) is 19.9 Å². The molecule has 0 radical (unpaired) electrons. The molecule has 9 heteroatoms. The van der Waals surface area contributed by atoms with Gasteiger partial charge < -0.3 is 4.74 Å². The van der Waals surface area contributed by atoms with Gasteiger partial charge in [0.25, 0.3) is 0 Å². The Labute approximate surface area is 183 Å². The van der Waals surface area contributed by atoms with Gasteiger partial charge in [-0.3, -0.25) is 4.98 Å². The number of ether oxygens (including phenoxy) is 1. The molecule has 1 heterocycles. The molecule has 31 heavy (non-hydrogen) atoms. The van der Waals surface area contributed by atoms with E-state index in [2.05, 4.69) is 9.71 Å². The van der Waals surface area contributed by atoms with Crippen LogP contribution >= 0.6 is 0 Å². The molecular weight excluding hydrogens is 436 g/mol. The Morgan fingerprint density at radius 3 is 2.23 bits per heavy atom. The van der Waals surface area contributed by atoms with Crippen LogP contribution in [0, 0.1) is 13.8 Å². The largest absolute Gasteiger partial charge is 0.496 e. The number of pyridine rings is 1. The van der Waals surface area contributed by atoms with E-state index in [0.29, 0.717) is 16.9 Å². The third-order valence-electron chi connectivity index (χ3n) is 4.92. The molecule has 0 bridgehead atoms. The number of aromatic nitrogens is 1. The topological polar surface area (TPSA) is 102 Å². The Morgan fingerprint density at radius 1 is 0.968 bits per heavy atom. The van der Waals surface area contributed by atoms with Crippen LogP contribution in [0.1, 0.15) is 21.9 Å². The first kappa shape index (κ1) is 22.9. The Kier molecular flexibility index (Phi) is 6.78. The van der Waals surface area contributed by atoms with Gasteiger partial charge in [0.15, 0.2) is 9.84 Å². The molecule has 0 aliphatic rings. The summed E-state index contributed by atoms with van der Waals surface area (Å²) in [6.07, 6.45) is 2.96. The number of sulfonamides is 1. The van der Waals surface area contributed by atoms with E-state index in [0.717, 1.165) is 5.56 Å². The van der Waals surface area contributed by atoms with Gasteiger partial charge in [-0.2, -0.15) is 0 Å². The van der Waals surface area contributed by atoms with Crippen LogP contribution in [0.25, 0.3) is 0 Å². The number of methoxy groups -OCH3 is 1. The standard InChI is InChI=1S/C22H24N2O5S2/c1-16-6-8-19(9-7-16)30(25,26)22(18-5-4-12-23-14-18)15-24-31(27,28)20-10-11-21(29-3)17(2)13-20/h4-14,22,24H,15H2,1-3H3/t22-/m1/s1. The van der Waals surface area contributed by atoms with Crippen molar-refractivity contribution in [2.24, 2.45) is 0 Å². The number of nitrogens with zero attached hydrogens (tertiary/aromatic N) is 1. The Balaban J connectivity index is 1.94. The maximum atomic E-state index is 13.4. The molecule has 7 nitrogen and oxygen atoms in total. The van der Waals surface area contributed by atoms with E-state index in [4.69, 9.17) is 4.74 Å². The summed E-state index contributed by atoms with van der Waals surface area (Å²) in [6, 6.07) is 14.2. The summed E-state index contributed by atoms with van der Waals surface area (Å²) in [4.78, 5) is 4.15. The van der Waals surface area contributed by atoms with E-state index in [1.807, 2.05) is 6.92 Å². The second-order valence-electron chi connectivity index (χ2n) is 7.12. The van der Waals surface area contributed by atoms with Crippen molar-refractivity contribution in [2.45, 2.75) is 28.9 Å². The van der Waals surface area contributed by atoms with Crippen molar-refractivity contribution in [1.29, 1.82) is 0 Å². The van der Waals surface area contributed by atoms with Gasteiger partial charge in [-0.1, -0.05) is 23.8 Å². The Morgan fingerprint density at radius 2 is 1.65 bits per heavy atom. The first-order chi connectivity index (χ1) is 14.6. The van der Waals surface area contributed by atoms with Gasteiger partial charge in [-0.15, -0.1) is 0 Å². The summed E-state index contributed by atoms with van der Waals surface area (Å²) in [6.45, 7) is 3.26. The van der Waals surface area contributed by atoms with Gasteiger partial charge in [0, 0.05) is 18.9 Å². The molecule has 0 amide bonds. The lowest BCUT2D eigenvalue weighted by atomic mass is 10.2.